The third-order valence-corrected chi connectivity index (χ3v) is 3.29. The van der Waals surface area contributed by atoms with E-state index in [0.717, 1.165) is 16.0 Å². The highest BCUT2D eigenvalue weighted by Crippen LogP contribution is 2.31. The van der Waals surface area contributed by atoms with Gasteiger partial charge >= 0.3 is 5.97 Å². The van der Waals surface area contributed by atoms with E-state index in [1.54, 1.807) is 6.07 Å². The summed E-state index contributed by atoms with van der Waals surface area (Å²) in [6.07, 6.45) is 0. The van der Waals surface area contributed by atoms with Gasteiger partial charge in [0.1, 0.15) is 9.71 Å². The molecular formula is C6H5ClN2O2S2. The largest absolute Gasteiger partial charge is 0.477 e. The van der Waals surface area contributed by atoms with Crippen LogP contribution in [0.5, 0.6) is 0 Å². The van der Waals surface area contributed by atoms with Crippen molar-refractivity contribution in [3.8, 4) is 0 Å². The van der Waals surface area contributed by atoms with Crippen LogP contribution < -0.4 is 5.73 Å². The molecule has 0 amide bonds. The minimum absolute atomic E-state index is 0. The van der Waals surface area contributed by atoms with Gasteiger partial charge in [-0.3, -0.25) is 0 Å². The zero-order valence-electron chi connectivity index (χ0n) is 6.18. The highest BCUT2D eigenvalue weighted by atomic mass is 35.5. The molecule has 0 atom stereocenters. The molecule has 0 aliphatic carbocycles. The summed E-state index contributed by atoms with van der Waals surface area (Å²) in [5, 5.41) is 9.11. The van der Waals surface area contributed by atoms with Gasteiger partial charge in [0.15, 0.2) is 5.13 Å². The standard InChI is InChI=1S/C6H4N2O2S2.ClH/c7-6-8-4-2(12-6)1-3(11-4)5(9)10;/h1H,(H2,7,8)(H,9,10);1H. The molecule has 4 nitrogen and oxygen atoms in total. The fourth-order valence-corrected chi connectivity index (χ4v) is 2.69. The first-order valence-electron chi connectivity index (χ1n) is 3.06. The molecule has 0 unspecified atom stereocenters. The maximum absolute atomic E-state index is 10.5. The minimum atomic E-state index is -0.913. The molecule has 2 heterocycles. The van der Waals surface area contributed by atoms with E-state index in [1.807, 2.05) is 0 Å². The maximum Gasteiger partial charge on any atom is 0.345 e. The number of thiophene rings is 1. The third-order valence-electron chi connectivity index (χ3n) is 1.32. The van der Waals surface area contributed by atoms with Crippen molar-refractivity contribution >= 4 is 55.7 Å². The van der Waals surface area contributed by atoms with Crippen LogP contribution in [-0.4, -0.2) is 16.1 Å². The Morgan fingerprint density at radius 2 is 2.23 bits per heavy atom. The molecule has 2 aromatic rings. The van der Waals surface area contributed by atoms with Crippen molar-refractivity contribution in [3.63, 3.8) is 0 Å². The molecule has 0 aromatic carbocycles. The topological polar surface area (TPSA) is 76.2 Å². The molecule has 2 rings (SSSR count). The van der Waals surface area contributed by atoms with Crippen molar-refractivity contribution in [2.75, 3.05) is 5.73 Å². The maximum atomic E-state index is 10.5. The highest BCUT2D eigenvalue weighted by molar-refractivity contribution is 7.29. The number of hydrogen-bond acceptors (Lipinski definition) is 5. The third kappa shape index (κ3) is 1.74. The van der Waals surface area contributed by atoms with Gasteiger partial charge in [-0.15, -0.1) is 23.7 Å². The minimum Gasteiger partial charge on any atom is -0.477 e. The normalized spacial score (nSPS) is 9.85. The molecule has 70 valence electrons. The molecular weight excluding hydrogens is 232 g/mol. The van der Waals surface area contributed by atoms with Crippen LogP contribution in [0, 0.1) is 0 Å². The summed E-state index contributed by atoms with van der Waals surface area (Å²) < 4.78 is 0.843. The molecule has 0 spiro atoms. The van der Waals surface area contributed by atoms with Crippen molar-refractivity contribution < 1.29 is 9.90 Å². The number of aromatic nitrogens is 1. The van der Waals surface area contributed by atoms with Gasteiger partial charge in [-0.1, -0.05) is 11.3 Å². The molecule has 0 aliphatic heterocycles. The van der Waals surface area contributed by atoms with Gasteiger partial charge in [-0.25, -0.2) is 9.78 Å². The number of nitrogens with zero attached hydrogens (tertiary/aromatic N) is 1. The van der Waals surface area contributed by atoms with Crippen molar-refractivity contribution in [2.45, 2.75) is 0 Å². The van der Waals surface area contributed by atoms with Crippen LogP contribution in [-0.2, 0) is 0 Å². The summed E-state index contributed by atoms with van der Waals surface area (Å²) >= 11 is 2.45. The van der Waals surface area contributed by atoms with Crippen LogP contribution in [0.2, 0.25) is 0 Å². The van der Waals surface area contributed by atoms with Crippen molar-refractivity contribution in [1.29, 1.82) is 0 Å². The van der Waals surface area contributed by atoms with Crippen LogP contribution in [0.25, 0.3) is 9.53 Å². The molecule has 0 aliphatic rings. The number of rotatable bonds is 1. The van der Waals surface area contributed by atoms with Gasteiger partial charge < -0.3 is 10.8 Å². The smallest absolute Gasteiger partial charge is 0.345 e. The van der Waals surface area contributed by atoms with Crippen LogP contribution >= 0.6 is 35.1 Å². The van der Waals surface area contributed by atoms with Gasteiger partial charge in [0.25, 0.3) is 0 Å². The summed E-state index contributed by atoms with van der Waals surface area (Å²) in [5.41, 5.74) is 5.43. The lowest BCUT2D eigenvalue weighted by molar-refractivity contribution is 0.0702. The summed E-state index contributed by atoms with van der Waals surface area (Å²) in [4.78, 5) is 15.5. The fraction of sp³-hybridized carbons (Fsp3) is 0. The molecule has 2 aromatic heterocycles. The number of hydrogen-bond donors (Lipinski definition) is 2. The van der Waals surface area contributed by atoms with E-state index in [9.17, 15) is 4.79 Å². The first-order chi connectivity index (χ1) is 5.66. The number of halogens is 1. The van der Waals surface area contributed by atoms with Gasteiger partial charge in [0, 0.05) is 0 Å². The average molecular weight is 237 g/mol. The summed E-state index contributed by atoms with van der Waals surface area (Å²) in [6, 6.07) is 1.59. The zero-order chi connectivity index (χ0) is 8.72. The Bertz CT molecular complexity index is 419. The summed E-state index contributed by atoms with van der Waals surface area (Å²) in [6.45, 7) is 0. The molecule has 3 N–H and O–H groups in total. The fourth-order valence-electron chi connectivity index (χ4n) is 0.857. The highest BCUT2D eigenvalue weighted by Gasteiger charge is 2.11. The molecule has 7 heteroatoms. The predicted octanol–water partition coefficient (Wildman–Crippen LogP) is 2.06. The molecule has 0 saturated heterocycles. The van der Waals surface area contributed by atoms with E-state index in [4.69, 9.17) is 10.8 Å². The van der Waals surface area contributed by atoms with E-state index in [1.165, 1.54) is 11.3 Å². The number of carbonyl (C=O) groups is 1. The van der Waals surface area contributed by atoms with E-state index in [0.29, 0.717) is 14.8 Å². The van der Waals surface area contributed by atoms with Crippen molar-refractivity contribution in [1.82, 2.24) is 4.98 Å². The van der Waals surface area contributed by atoms with E-state index >= 15 is 0 Å². The Labute approximate surface area is 87.4 Å². The molecule has 13 heavy (non-hydrogen) atoms. The summed E-state index contributed by atoms with van der Waals surface area (Å²) in [5.74, 6) is -0.913. The van der Waals surface area contributed by atoms with Gasteiger partial charge in [0.2, 0.25) is 0 Å². The van der Waals surface area contributed by atoms with E-state index < -0.39 is 5.97 Å². The SMILES string of the molecule is Cl.Nc1nc2sc(C(=O)O)cc2s1. The molecule has 0 fully saturated rings. The first-order valence-corrected chi connectivity index (χ1v) is 4.69. The number of thiazole rings is 1. The number of carboxylic acids is 1. The van der Waals surface area contributed by atoms with Crippen LogP contribution in [0.15, 0.2) is 6.07 Å². The van der Waals surface area contributed by atoms with E-state index in [2.05, 4.69) is 4.98 Å². The number of nitrogens with two attached hydrogens (primary N) is 1. The Morgan fingerprint density at radius 3 is 2.77 bits per heavy atom. The van der Waals surface area contributed by atoms with Crippen molar-refractivity contribution in [2.24, 2.45) is 0 Å². The number of fused-ring (bicyclic) bond motifs is 1. The lowest BCUT2D eigenvalue weighted by Crippen LogP contribution is -1.89. The van der Waals surface area contributed by atoms with Gasteiger partial charge in [0.05, 0.1) is 4.70 Å². The monoisotopic (exact) mass is 236 g/mol. The van der Waals surface area contributed by atoms with Gasteiger partial charge in [-0.2, -0.15) is 0 Å². The second-order valence-corrected chi connectivity index (χ2v) is 4.23. The second kappa shape index (κ2) is 3.49. The van der Waals surface area contributed by atoms with Crippen LogP contribution in [0.1, 0.15) is 9.67 Å². The number of carboxylic acid groups (broad SMARTS) is 1. The average Bonchev–Trinajstić information content (AvgIpc) is 2.42. The Morgan fingerprint density at radius 1 is 1.54 bits per heavy atom. The molecule has 0 radical (unpaired) electrons. The van der Waals surface area contributed by atoms with Crippen LogP contribution in [0.4, 0.5) is 5.13 Å². The Hall–Kier alpha value is -0.850. The Kier molecular flexibility index (Phi) is 2.74. The van der Waals surface area contributed by atoms with Crippen molar-refractivity contribution in [3.05, 3.63) is 10.9 Å². The second-order valence-electron chi connectivity index (χ2n) is 2.14. The first kappa shape index (κ1) is 10.2. The quantitative estimate of drug-likeness (QED) is 0.795. The molecule has 0 bridgehead atoms. The number of nitrogen functional groups attached to an aromatic ring is 1. The number of anilines is 1. The lowest BCUT2D eigenvalue weighted by atomic mass is 10.5. The summed E-state index contributed by atoms with van der Waals surface area (Å²) in [7, 11) is 0. The molecule has 0 saturated carbocycles. The van der Waals surface area contributed by atoms with Crippen LogP contribution in [0.3, 0.4) is 0 Å². The lowest BCUT2D eigenvalue weighted by Gasteiger charge is -1.81. The Balaban J connectivity index is 0.000000845. The number of aromatic carboxylic acids is 1. The zero-order valence-corrected chi connectivity index (χ0v) is 8.63. The predicted molar refractivity (Wildman–Crippen MR) is 56.1 cm³/mol. The van der Waals surface area contributed by atoms with Gasteiger partial charge in [-0.05, 0) is 6.07 Å². The van der Waals surface area contributed by atoms with E-state index in [-0.39, 0.29) is 12.4 Å².